The van der Waals surface area contributed by atoms with Crippen molar-refractivity contribution in [2.75, 3.05) is 36.4 Å². The summed E-state index contributed by atoms with van der Waals surface area (Å²) >= 11 is 1.33. The number of hydrogen-bond donors (Lipinski definition) is 1. The largest absolute Gasteiger partial charge is 0.418 e. The number of amides is 2. The third kappa shape index (κ3) is 5.81. The Labute approximate surface area is 194 Å². The van der Waals surface area contributed by atoms with Crippen LogP contribution in [0.1, 0.15) is 28.9 Å². The standard InChI is InChI=1S/C23H24F3N5OS/c1-16-7-9-17(10-8-16)15-20-28-22(33-29-20)31-12-4-11-30(13-14-31)21(32)27-19-6-3-2-5-18(19)23(24,25)26/h2-3,5-10H,4,11-15H2,1H3,(H,27,32). The minimum Gasteiger partial charge on any atom is -0.345 e. The van der Waals surface area contributed by atoms with E-state index in [0.717, 1.165) is 22.6 Å². The van der Waals surface area contributed by atoms with Crippen molar-refractivity contribution < 1.29 is 18.0 Å². The zero-order valence-corrected chi connectivity index (χ0v) is 18.9. The highest BCUT2D eigenvalue weighted by atomic mass is 32.1. The number of anilines is 2. The van der Waals surface area contributed by atoms with Gasteiger partial charge in [-0.3, -0.25) is 0 Å². The minimum absolute atomic E-state index is 0.235. The number of rotatable bonds is 4. The van der Waals surface area contributed by atoms with Gasteiger partial charge in [0.1, 0.15) is 5.82 Å². The van der Waals surface area contributed by atoms with E-state index in [0.29, 0.717) is 39.0 Å². The second-order valence-corrected chi connectivity index (χ2v) is 8.69. The van der Waals surface area contributed by atoms with Crippen LogP contribution in [0.3, 0.4) is 0 Å². The molecule has 0 atom stereocenters. The first-order valence-corrected chi connectivity index (χ1v) is 11.4. The van der Waals surface area contributed by atoms with Crippen LogP contribution in [0.15, 0.2) is 48.5 Å². The first-order chi connectivity index (χ1) is 15.8. The van der Waals surface area contributed by atoms with E-state index in [-0.39, 0.29) is 5.69 Å². The molecule has 0 radical (unpaired) electrons. The normalized spacial score (nSPS) is 14.8. The first kappa shape index (κ1) is 23.0. The summed E-state index contributed by atoms with van der Waals surface area (Å²) in [6.07, 6.45) is -3.20. The highest BCUT2D eigenvalue weighted by Gasteiger charge is 2.34. The van der Waals surface area contributed by atoms with Crippen LogP contribution in [0.25, 0.3) is 0 Å². The van der Waals surface area contributed by atoms with E-state index in [2.05, 4.69) is 43.8 Å². The Morgan fingerprint density at radius 1 is 1.06 bits per heavy atom. The predicted octanol–water partition coefficient (Wildman–Crippen LogP) is 5.20. The summed E-state index contributed by atoms with van der Waals surface area (Å²) in [5.74, 6) is 0.751. The molecule has 2 heterocycles. The number of halogens is 3. The van der Waals surface area contributed by atoms with Crippen LogP contribution in [0.5, 0.6) is 0 Å². The molecule has 0 unspecified atom stereocenters. The maximum Gasteiger partial charge on any atom is 0.418 e. The van der Waals surface area contributed by atoms with Crippen molar-refractivity contribution >= 4 is 28.4 Å². The van der Waals surface area contributed by atoms with E-state index in [1.165, 1.54) is 35.3 Å². The molecule has 4 rings (SSSR count). The Hall–Kier alpha value is -3.14. The van der Waals surface area contributed by atoms with Crippen molar-refractivity contribution in [2.45, 2.75) is 25.9 Å². The molecule has 1 saturated heterocycles. The molecule has 0 saturated carbocycles. The van der Waals surface area contributed by atoms with Gasteiger partial charge < -0.3 is 15.1 Å². The van der Waals surface area contributed by atoms with Crippen LogP contribution in [0.4, 0.5) is 28.8 Å². The second-order valence-electron chi connectivity index (χ2n) is 7.96. The molecule has 6 nitrogen and oxygen atoms in total. The van der Waals surface area contributed by atoms with E-state index in [1.54, 1.807) is 4.90 Å². The van der Waals surface area contributed by atoms with E-state index >= 15 is 0 Å². The summed E-state index contributed by atoms with van der Waals surface area (Å²) in [5, 5.41) is 3.22. The van der Waals surface area contributed by atoms with E-state index in [4.69, 9.17) is 0 Å². The van der Waals surface area contributed by atoms with Gasteiger partial charge in [-0.1, -0.05) is 42.0 Å². The Morgan fingerprint density at radius 2 is 1.82 bits per heavy atom. The number of benzene rings is 2. The SMILES string of the molecule is Cc1ccc(Cc2nsc(N3CCCN(C(=O)Nc4ccccc4C(F)(F)F)CC3)n2)cc1. The number of urea groups is 1. The lowest BCUT2D eigenvalue weighted by molar-refractivity contribution is -0.136. The van der Waals surface area contributed by atoms with Crippen molar-refractivity contribution in [2.24, 2.45) is 0 Å². The molecule has 33 heavy (non-hydrogen) atoms. The van der Waals surface area contributed by atoms with Gasteiger partial charge in [0.05, 0.1) is 11.3 Å². The molecule has 0 aliphatic carbocycles. The fourth-order valence-electron chi connectivity index (χ4n) is 3.68. The summed E-state index contributed by atoms with van der Waals surface area (Å²) in [7, 11) is 0. The molecule has 3 aromatic rings. The van der Waals surface area contributed by atoms with Crippen LogP contribution in [0, 0.1) is 6.92 Å². The highest BCUT2D eigenvalue weighted by molar-refractivity contribution is 7.09. The molecule has 1 N–H and O–H groups in total. The topological polar surface area (TPSA) is 61.4 Å². The Morgan fingerprint density at radius 3 is 2.58 bits per heavy atom. The zero-order chi connectivity index (χ0) is 23.4. The summed E-state index contributed by atoms with van der Waals surface area (Å²) in [4.78, 5) is 21.0. The van der Waals surface area contributed by atoms with Gasteiger partial charge in [-0.05, 0) is 31.0 Å². The number of carbonyl (C=O) groups excluding carboxylic acids is 1. The molecule has 1 aliphatic heterocycles. The molecule has 0 spiro atoms. The number of hydrogen-bond acceptors (Lipinski definition) is 5. The van der Waals surface area contributed by atoms with Crippen LogP contribution >= 0.6 is 11.5 Å². The number of nitrogens with zero attached hydrogens (tertiary/aromatic N) is 4. The molecule has 1 aliphatic rings. The van der Waals surface area contributed by atoms with Crippen LogP contribution < -0.4 is 10.2 Å². The monoisotopic (exact) mass is 475 g/mol. The van der Waals surface area contributed by atoms with Crippen molar-refractivity contribution in [1.82, 2.24) is 14.3 Å². The van der Waals surface area contributed by atoms with Gasteiger partial charge in [0.25, 0.3) is 0 Å². The molecule has 1 fully saturated rings. The first-order valence-electron chi connectivity index (χ1n) is 10.6. The molecule has 174 valence electrons. The molecule has 1 aromatic heterocycles. The Bertz CT molecular complexity index is 1100. The van der Waals surface area contributed by atoms with E-state index in [9.17, 15) is 18.0 Å². The second kappa shape index (κ2) is 9.78. The summed E-state index contributed by atoms with van der Waals surface area (Å²) in [6, 6.07) is 12.7. The lowest BCUT2D eigenvalue weighted by Crippen LogP contribution is -2.38. The average molecular weight is 476 g/mol. The Kier molecular flexibility index (Phi) is 6.83. The van der Waals surface area contributed by atoms with Gasteiger partial charge in [-0.25, -0.2) is 9.78 Å². The van der Waals surface area contributed by atoms with Crippen LogP contribution in [-0.2, 0) is 12.6 Å². The molecule has 2 amide bonds. The molecule has 10 heteroatoms. The van der Waals surface area contributed by atoms with Crippen molar-refractivity contribution in [3.63, 3.8) is 0 Å². The number of aromatic nitrogens is 2. The third-order valence-corrected chi connectivity index (χ3v) is 6.28. The fraction of sp³-hybridized carbons (Fsp3) is 0.348. The average Bonchev–Trinajstić information content (AvgIpc) is 3.09. The predicted molar refractivity (Wildman–Crippen MR) is 123 cm³/mol. The molecular weight excluding hydrogens is 451 g/mol. The summed E-state index contributed by atoms with van der Waals surface area (Å²) < 4.78 is 44.1. The van der Waals surface area contributed by atoms with Gasteiger partial charge in [0.2, 0.25) is 5.13 Å². The smallest absolute Gasteiger partial charge is 0.345 e. The highest BCUT2D eigenvalue weighted by Crippen LogP contribution is 2.34. The van der Waals surface area contributed by atoms with Gasteiger partial charge in [0, 0.05) is 44.1 Å². The lowest BCUT2D eigenvalue weighted by Gasteiger charge is -2.23. The quantitative estimate of drug-likeness (QED) is 0.564. The number of para-hydroxylation sites is 1. The summed E-state index contributed by atoms with van der Waals surface area (Å²) in [6.45, 7) is 4.11. The number of nitrogens with one attached hydrogen (secondary N) is 1. The van der Waals surface area contributed by atoms with E-state index < -0.39 is 17.8 Å². The van der Waals surface area contributed by atoms with Crippen molar-refractivity contribution in [3.8, 4) is 0 Å². The third-order valence-electron chi connectivity index (χ3n) is 5.47. The van der Waals surface area contributed by atoms with E-state index in [1.807, 2.05) is 6.92 Å². The Balaban J connectivity index is 1.37. The number of aryl methyl sites for hydroxylation is 1. The molecule has 2 aromatic carbocycles. The zero-order valence-electron chi connectivity index (χ0n) is 18.1. The van der Waals surface area contributed by atoms with Gasteiger partial charge >= 0.3 is 12.2 Å². The molecule has 0 bridgehead atoms. The summed E-state index contributed by atoms with van der Waals surface area (Å²) in [5.41, 5.74) is 1.25. The van der Waals surface area contributed by atoms with Gasteiger partial charge in [-0.15, -0.1) is 0 Å². The number of alkyl halides is 3. The maximum absolute atomic E-state index is 13.2. The lowest BCUT2D eigenvalue weighted by atomic mass is 10.1. The van der Waals surface area contributed by atoms with Crippen LogP contribution in [0.2, 0.25) is 0 Å². The minimum atomic E-state index is -4.53. The fourth-order valence-corrected chi connectivity index (χ4v) is 4.42. The van der Waals surface area contributed by atoms with Crippen molar-refractivity contribution in [3.05, 3.63) is 71.0 Å². The van der Waals surface area contributed by atoms with Crippen molar-refractivity contribution in [1.29, 1.82) is 0 Å². The molecular formula is C23H24F3N5OS. The van der Waals surface area contributed by atoms with Gasteiger partial charge in [-0.2, -0.15) is 17.5 Å². The number of carbonyl (C=O) groups is 1. The maximum atomic E-state index is 13.2. The van der Waals surface area contributed by atoms with Crippen LogP contribution in [-0.4, -0.2) is 46.5 Å². The van der Waals surface area contributed by atoms with Gasteiger partial charge in [0.15, 0.2) is 0 Å².